The molecule has 0 bridgehead atoms. The summed E-state index contributed by atoms with van der Waals surface area (Å²) in [4.78, 5) is 2.64. The number of hydrogen-bond donors (Lipinski definition) is 1. The largest absolute Gasteiger partial charge is 0.489 e. The highest BCUT2D eigenvalue weighted by Crippen LogP contribution is 2.22. The zero-order valence-corrected chi connectivity index (χ0v) is 17.6. The van der Waals surface area contributed by atoms with E-state index in [1.807, 2.05) is 0 Å². The van der Waals surface area contributed by atoms with Gasteiger partial charge in [-0.2, -0.15) is 0 Å². The molecule has 2 aromatic carbocycles. The number of rotatable bonds is 10. The maximum atomic E-state index is 6.24. The molecule has 28 heavy (non-hydrogen) atoms. The number of nitrogens with zero attached hydrogens (tertiary/aromatic N) is 1. The number of hydrogen-bond acceptors (Lipinski definition) is 3. The van der Waals surface area contributed by atoms with Crippen LogP contribution in [0.4, 0.5) is 0 Å². The standard InChI is InChI=1S/C25H36N2O/c1-3-26-18-23-12-7-8-14-25(23)28-20-24-13-6-5-11-22(24)17-21(2)19-27-15-9-4-10-16-27/h5-8,11-14,21,26H,3-4,9-10,15-20H2,1-2H3. The minimum Gasteiger partial charge on any atom is -0.489 e. The van der Waals surface area contributed by atoms with Gasteiger partial charge in [-0.1, -0.05) is 62.7 Å². The van der Waals surface area contributed by atoms with E-state index in [1.54, 1.807) is 0 Å². The van der Waals surface area contributed by atoms with E-state index in [9.17, 15) is 0 Å². The first-order valence-electron chi connectivity index (χ1n) is 11.0. The molecule has 0 radical (unpaired) electrons. The molecule has 1 aliphatic heterocycles. The van der Waals surface area contributed by atoms with Crippen LogP contribution in [0.1, 0.15) is 49.8 Å². The molecule has 152 valence electrons. The molecule has 1 saturated heterocycles. The predicted molar refractivity (Wildman–Crippen MR) is 118 cm³/mol. The Balaban J connectivity index is 1.59. The van der Waals surface area contributed by atoms with Crippen LogP contribution in [-0.2, 0) is 19.6 Å². The van der Waals surface area contributed by atoms with Gasteiger partial charge in [0.25, 0.3) is 0 Å². The van der Waals surface area contributed by atoms with Crippen molar-refractivity contribution in [1.29, 1.82) is 0 Å². The third kappa shape index (κ3) is 6.35. The molecule has 1 atom stereocenters. The van der Waals surface area contributed by atoms with Gasteiger partial charge in [0.1, 0.15) is 12.4 Å². The molecule has 1 fully saturated rings. The molecule has 3 rings (SSSR count). The number of nitrogens with one attached hydrogen (secondary N) is 1. The summed E-state index contributed by atoms with van der Waals surface area (Å²) in [5.41, 5.74) is 3.96. The molecule has 3 heteroatoms. The first-order chi connectivity index (χ1) is 13.8. The SMILES string of the molecule is CCNCc1ccccc1OCc1ccccc1CC(C)CN1CCCCC1. The third-order valence-corrected chi connectivity index (χ3v) is 5.63. The van der Waals surface area contributed by atoms with E-state index in [4.69, 9.17) is 4.74 Å². The molecule has 0 saturated carbocycles. The molecule has 1 N–H and O–H groups in total. The molecular weight excluding hydrogens is 344 g/mol. The van der Waals surface area contributed by atoms with Crippen LogP contribution in [-0.4, -0.2) is 31.1 Å². The Hall–Kier alpha value is -1.84. The van der Waals surface area contributed by atoms with Gasteiger partial charge < -0.3 is 15.0 Å². The fourth-order valence-corrected chi connectivity index (χ4v) is 4.13. The smallest absolute Gasteiger partial charge is 0.124 e. The topological polar surface area (TPSA) is 24.5 Å². The Morgan fingerprint density at radius 1 is 0.929 bits per heavy atom. The van der Waals surface area contributed by atoms with Crippen LogP contribution in [0.15, 0.2) is 48.5 Å². The normalized spacial score (nSPS) is 16.1. The maximum Gasteiger partial charge on any atom is 0.124 e. The third-order valence-electron chi connectivity index (χ3n) is 5.63. The molecule has 2 aromatic rings. The highest BCUT2D eigenvalue weighted by atomic mass is 16.5. The van der Waals surface area contributed by atoms with Crippen LogP contribution in [0.2, 0.25) is 0 Å². The van der Waals surface area contributed by atoms with Gasteiger partial charge in [0.05, 0.1) is 0 Å². The van der Waals surface area contributed by atoms with Gasteiger partial charge in [-0.05, 0) is 62.0 Å². The van der Waals surface area contributed by atoms with Crippen LogP contribution >= 0.6 is 0 Å². The summed E-state index contributed by atoms with van der Waals surface area (Å²) in [6, 6.07) is 17.1. The second-order valence-corrected chi connectivity index (χ2v) is 8.12. The predicted octanol–water partition coefficient (Wildman–Crippen LogP) is 5.04. The van der Waals surface area contributed by atoms with Gasteiger partial charge in [0.2, 0.25) is 0 Å². The second-order valence-electron chi connectivity index (χ2n) is 8.12. The molecular formula is C25H36N2O. The van der Waals surface area contributed by atoms with Gasteiger partial charge in [-0.25, -0.2) is 0 Å². The van der Waals surface area contributed by atoms with E-state index in [1.165, 1.54) is 55.6 Å². The van der Waals surface area contributed by atoms with Crippen LogP contribution in [0, 0.1) is 5.92 Å². The summed E-state index contributed by atoms with van der Waals surface area (Å²) in [5, 5.41) is 3.39. The molecule has 0 aromatic heterocycles. The minimum atomic E-state index is 0.635. The van der Waals surface area contributed by atoms with Gasteiger partial charge in [-0.15, -0.1) is 0 Å². The van der Waals surface area contributed by atoms with Crippen molar-refractivity contribution in [2.45, 2.75) is 52.7 Å². The van der Waals surface area contributed by atoms with E-state index in [2.05, 4.69) is 72.6 Å². The average molecular weight is 381 g/mol. The maximum absolute atomic E-state index is 6.24. The van der Waals surface area contributed by atoms with Crippen LogP contribution in [0.25, 0.3) is 0 Å². The minimum absolute atomic E-state index is 0.635. The highest BCUT2D eigenvalue weighted by Gasteiger charge is 2.15. The first kappa shape index (κ1) is 20.9. The lowest BCUT2D eigenvalue weighted by atomic mass is 9.96. The van der Waals surface area contributed by atoms with Crippen molar-refractivity contribution in [3.05, 3.63) is 65.2 Å². The van der Waals surface area contributed by atoms with E-state index in [-0.39, 0.29) is 0 Å². The molecule has 3 nitrogen and oxygen atoms in total. The van der Waals surface area contributed by atoms with Crippen molar-refractivity contribution in [2.75, 3.05) is 26.2 Å². The first-order valence-corrected chi connectivity index (χ1v) is 11.0. The quantitative estimate of drug-likeness (QED) is 0.625. The Morgan fingerprint density at radius 2 is 1.61 bits per heavy atom. The molecule has 1 unspecified atom stereocenters. The molecule has 1 aliphatic rings. The monoisotopic (exact) mass is 380 g/mol. The Bertz CT molecular complexity index is 709. The fourth-order valence-electron chi connectivity index (χ4n) is 4.13. The van der Waals surface area contributed by atoms with Gasteiger partial charge in [0, 0.05) is 18.7 Å². The molecule has 1 heterocycles. The Labute approximate surface area is 171 Å². The number of likely N-dealkylation sites (tertiary alicyclic amines) is 1. The van der Waals surface area contributed by atoms with E-state index < -0.39 is 0 Å². The van der Waals surface area contributed by atoms with E-state index >= 15 is 0 Å². The van der Waals surface area contributed by atoms with Crippen molar-refractivity contribution in [3.63, 3.8) is 0 Å². The van der Waals surface area contributed by atoms with Crippen LogP contribution in [0.5, 0.6) is 5.75 Å². The van der Waals surface area contributed by atoms with Crippen LogP contribution < -0.4 is 10.1 Å². The summed E-state index contributed by atoms with van der Waals surface area (Å²) < 4.78 is 6.24. The lowest BCUT2D eigenvalue weighted by molar-refractivity contribution is 0.200. The summed E-state index contributed by atoms with van der Waals surface area (Å²) >= 11 is 0. The summed E-state index contributed by atoms with van der Waals surface area (Å²) in [6.45, 7) is 10.7. The van der Waals surface area contributed by atoms with Gasteiger partial charge in [-0.3, -0.25) is 0 Å². The second kappa shape index (κ2) is 11.2. The van der Waals surface area contributed by atoms with E-state index in [0.717, 1.165) is 25.3 Å². The summed E-state index contributed by atoms with van der Waals surface area (Å²) in [5.74, 6) is 1.65. The Morgan fingerprint density at radius 3 is 2.36 bits per heavy atom. The number of piperidine rings is 1. The molecule has 0 amide bonds. The fraction of sp³-hybridized carbons (Fsp3) is 0.520. The van der Waals surface area contributed by atoms with Crippen molar-refractivity contribution in [1.82, 2.24) is 10.2 Å². The van der Waals surface area contributed by atoms with E-state index in [0.29, 0.717) is 12.5 Å². The highest BCUT2D eigenvalue weighted by molar-refractivity contribution is 5.34. The number of benzene rings is 2. The van der Waals surface area contributed by atoms with Crippen molar-refractivity contribution >= 4 is 0 Å². The van der Waals surface area contributed by atoms with Crippen molar-refractivity contribution in [2.24, 2.45) is 5.92 Å². The average Bonchev–Trinajstić information content (AvgIpc) is 2.73. The molecule has 0 aliphatic carbocycles. The summed E-state index contributed by atoms with van der Waals surface area (Å²) in [6.07, 6.45) is 5.25. The molecule has 0 spiro atoms. The zero-order valence-electron chi connectivity index (χ0n) is 17.6. The Kier molecular flexibility index (Phi) is 8.38. The summed E-state index contributed by atoms with van der Waals surface area (Å²) in [7, 11) is 0. The lowest BCUT2D eigenvalue weighted by Gasteiger charge is -2.29. The zero-order chi connectivity index (χ0) is 19.6. The number of ether oxygens (including phenoxy) is 1. The van der Waals surface area contributed by atoms with Crippen molar-refractivity contribution < 1.29 is 4.74 Å². The van der Waals surface area contributed by atoms with Gasteiger partial charge in [0.15, 0.2) is 0 Å². The lowest BCUT2D eigenvalue weighted by Crippen LogP contribution is -2.34. The number of para-hydroxylation sites is 1. The van der Waals surface area contributed by atoms with Crippen LogP contribution in [0.3, 0.4) is 0 Å². The van der Waals surface area contributed by atoms with Gasteiger partial charge >= 0.3 is 0 Å². The van der Waals surface area contributed by atoms with Crippen molar-refractivity contribution in [3.8, 4) is 5.75 Å².